The van der Waals surface area contributed by atoms with Crippen LogP contribution in [0.2, 0.25) is 0 Å². The number of nitrogens with zero attached hydrogens (tertiary/aromatic N) is 3. The van der Waals surface area contributed by atoms with Gasteiger partial charge < -0.3 is 9.88 Å². The number of rotatable bonds is 3. The van der Waals surface area contributed by atoms with Crippen LogP contribution in [0.4, 0.5) is 5.69 Å². The third-order valence-electron chi connectivity index (χ3n) is 3.64. The molecule has 0 spiro atoms. The standard InChI is InChI=1S/C17H18N4O/c1-12-6-7-13(2)15(10-12)19-16(22)14-11-18-20(3)17(14)21-8-4-5-9-21/h4-11H,1-3H3,(H,19,22). The van der Waals surface area contributed by atoms with E-state index in [1.165, 1.54) is 0 Å². The molecule has 0 bridgehead atoms. The highest BCUT2D eigenvalue weighted by Gasteiger charge is 2.18. The second kappa shape index (κ2) is 5.52. The molecule has 1 amide bonds. The van der Waals surface area contributed by atoms with E-state index in [0.29, 0.717) is 5.56 Å². The second-order valence-electron chi connectivity index (χ2n) is 5.37. The van der Waals surface area contributed by atoms with Crippen LogP contribution in [0, 0.1) is 13.8 Å². The molecular weight excluding hydrogens is 276 g/mol. The van der Waals surface area contributed by atoms with Crippen LogP contribution >= 0.6 is 0 Å². The molecule has 22 heavy (non-hydrogen) atoms. The van der Waals surface area contributed by atoms with Crippen molar-refractivity contribution in [2.45, 2.75) is 13.8 Å². The molecule has 0 aliphatic heterocycles. The molecule has 0 radical (unpaired) electrons. The summed E-state index contributed by atoms with van der Waals surface area (Å²) in [4.78, 5) is 12.6. The van der Waals surface area contributed by atoms with Crippen LogP contribution in [0.3, 0.4) is 0 Å². The van der Waals surface area contributed by atoms with Gasteiger partial charge in [0.05, 0.1) is 6.20 Å². The number of amides is 1. The minimum absolute atomic E-state index is 0.162. The Kier molecular flexibility index (Phi) is 3.55. The highest BCUT2D eigenvalue weighted by atomic mass is 16.1. The van der Waals surface area contributed by atoms with Crippen molar-refractivity contribution in [3.8, 4) is 5.82 Å². The fraction of sp³-hybridized carbons (Fsp3) is 0.176. The summed E-state index contributed by atoms with van der Waals surface area (Å²) in [7, 11) is 1.82. The van der Waals surface area contributed by atoms with Gasteiger partial charge in [-0.2, -0.15) is 5.10 Å². The smallest absolute Gasteiger partial charge is 0.261 e. The zero-order chi connectivity index (χ0) is 15.7. The summed E-state index contributed by atoms with van der Waals surface area (Å²) >= 11 is 0. The van der Waals surface area contributed by atoms with Crippen LogP contribution in [0.5, 0.6) is 0 Å². The van der Waals surface area contributed by atoms with Crippen molar-refractivity contribution in [1.82, 2.24) is 14.3 Å². The number of carbonyl (C=O) groups is 1. The third-order valence-corrected chi connectivity index (χ3v) is 3.64. The number of hydrogen-bond acceptors (Lipinski definition) is 2. The van der Waals surface area contributed by atoms with Gasteiger partial charge in [0, 0.05) is 25.1 Å². The van der Waals surface area contributed by atoms with Crippen molar-refractivity contribution < 1.29 is 4.79 Å². The normalized spacial score (nSPS) is 10.7. The Morgan fingerprint density at radius 1 is 1.18 bits per heavy atom. The Labute approximate surface area is 129 Å². The second-order valence-corrected chi connectivity index (χ2v) is 5.37. The van der Waals surface area contributed by atoms with Crippen LogP contribution in [-0.2, 0) is 7.05 Å². The number of aryl methyl sites for hydroxylation is 3. The summed E-state index contributed by atoms with van der Waals surface area (Å²) in [6.45, 7) is 3.98. The molecule has 2 heterocycles. The van der Waals surface area contributed by atoms with E-state index < -0.39 is 0 Å². The molecule has 1 aromatic carbocycles. The molecule has 2 aromatic heterocycles. The van der Waals surface area contributed by atoms with Crippen LogP contribution < -0.4 is 5.32 Å². The monoisotopic (exact) mass is 294 g/mol. The van der Waals surface area contributed by atoms with Gasteiger partial charge in [0.2, 0.25) is 0 Å². The zero-order valence-corrected chi connectivity index (χ0v) is 12.9. The van der Waals surface area contributed by atoms with Crippen molar-refractivity contribution in [2.24, 2.45) is 7.05 Å². The Bertz CT molecular complexity index is 815. The summed E-state index contributed by atoms with van der Waals surface area (Å²) in [5.74, 6) is 0.582. The molecular formula is C17H18N4O. The first-order valence-corrected chi connectivity index (χ1v) is 7.10. The fourth-order valence-corrected chi connectivity index (χ4v) is 2.43. The van der Waals surface area contributed by atoms with Gasteiger partial charge in [-0.15, -0.1) is 0 Å². The highest BCUT2D eigenvalue weighted by molar-refractivity contribution is 6.06. The first kappa shape index (κ1) is 14.1. The average molecular weight is 294 g/mol. The molecule has 0 aliphatic carbocycles. The van der Waals surface area contributed by atoms with E-state index in [0.717, 1.165) is 22.6 Å². The lowest BCUT2D eigenvalue weighted by Crippen LogP contribution is -2.15. The largest absolute Gasteiger partial charge is 0.322 e. The molecule has 0 unspecified atom stereocenters. The summed E-state index contributed by atoms with van der Waals surface area (Å²) in [6, 6.07) is 9.83. The SMILES string of the molecule is Cc1ccc(C)c(NC(=O)c2cnn(C)c2-n2cccc2)c1. The maximum atomic E-state index is 12.6. The number of aromatic nitrogens is 3. The van der Waals surface area contributed by atoms with Crippen molar-refractivity contribution in [3.05, 3.63) is 65.6 Å². The lowest BCUT2D eigenvalue weighted by Gasteiger charge is -2.11. The van der Waals surface area contributed by atoms with Gasteiger partial charge in [-0.3, -0.25) is 9.48 Å². The molecule has 112 valence electrons. The predicted molar refractivity (Wildman–Crippen MR) is 86.4 cm³/mol. The van der Waals surface area contributed by atoms with E-state index in [4.69, 9.17) is 0 Å². The van der Waals surface area contributed by atoms with E-state index >= 15 is 0 Å². The first-order chi connectivity index (χ1) is 10.6. The van der Waals surface area contributed by atoms with Crippen LogP contribution in [0.15, 0.2) is 48.9 Å². The van der Waals surface area contributed by atoms with Gasteiger partial charge in [-0.1, -0.05) is 12.1 Å². The Balaban J connectivity index is 1.95. The van der Waals surface area contributed by atoms with Gasteiger partial charge in [-0.05, 0) is 43.2 Å². The molecule has 3 aromatic rings. The van der Waals surface area contributed by atoms with E-state index in [2.05, 4.69) is 10.4 Å². The molecule has 0 fully saturated rings. The Morgan fingerprint density at radius 3 is 2.64 bits per heavy atom. The molecule has 0 saturated carbocycles. The molecule has 0 atom stereocenters. The average Bonchev–Trinajstić information content (AvgIpc) is 3.11. The molecule has 0 saturated heterocycles. The van der Waals surface area contributed by atoms with E-state index in [1.807, 2.05) is 68.2 Å². The van der Waals surface area contributed by atoms with Gasteiger partial charge in [-0.25, -0.2) is 0 Å². The third kappa shape index (κ3) is 2.53. The van der Waals surface area contributed by atoms with Gasteiger partial charge >= 0.3 is 0 Å². The van der Waals surface area contributed by atoms with E-state index in [1.54, 1.807) is 10.9 Å². The maximum absolute atomic E-state index is 12.6. The molecule has 1 N–H and O–H groups in total. The number of benzene rings is 1. The quantitative estimate of drug-likeness (QED) is 0.807. The molecule has 0 aliphatic rings. The maximum Gasteiger partial charge on any atom is 0.261 e. The van der Waals surface area contributed by atoms with Crippen LogP contribution in [0.25, 0.3) is 5.82 Å². The van der Waals surface area contributed by atoms with Gasteiger partial charge in [0.1, 0.15) is 11.4 Å². The Morgan fingerprint density at radius 2 is 1.91 bits per heavy atom. The lowest BCUT2D eigenvalue weighted by molar-refractivity contribution is 0.102. The van der Waals surface area contributed by atoms with E-state index in [9.17, 15) is 4.79 Å². The van der Waals surface area contributed by atoms with Crippen molar-refractivity contribution in [3.63, 3.8) is 0 Å². The lowest BCUT2D eigenvalue weighted by atomic mass is 10.1. The Hall–Kier alpha value is -2.82. The summed E-state index contributed by atoms with van der Waals surface area (Å²) < 4.78 is 3.57. The van der Waals surface area contributed by atoms with Crippen molar-refractivity contribution in [1.29, 1.82) is 0 Å². The first-order valence-electron chi connectivity index (χ1n) is 7.10. The minimum Gasteiger partial charge on any atom is -0.322 e. The fourth-order valence-electron chi connectivity index (χ4n) is 2.43. The van der Waals surface area contributed by atoms with Crippen molar-refractivity contribution in [2.75, 3.05) is 5.32 Å². The molecule has 5 nitrogen and oxygen atoms in total. The van der Waals surface area contributed by atoms with Gasteiger partial charge in [0.25, 0.3) is 5.91 Å². The highest BCUT2D eigenvalue weighted by Crippen LogP contribution is 2.20. The number of hydrogen-bond donors (Lipinski definition) is 1. The van der Waals surface area contributed by atoms with Gasteiger partial charge in [0.15, 0.2) is 0 Å². The van der Waals surface area contributed by atoms with Crippen molar-refractivity contribution >= 4 is 11.6 Å². The zero-order valence-electron chi connectivity index (χ0n) is 12.9. The van der Waals surface area contributed by atoms with E-state index in [-0.39, 0.29) is 5.91 Å². The summed E-state index contributed by atoms with van der Waals surface area (Å²) in [6.07, 6.45) is 5.38. The molecule has 5 heteroatoms. The minimum atomic E-state index is -0.162. The van der Waals surface area contributed by atoms with Crippen LogP contribution in [0.1, 0.15) is 21.5 Å². The number of anilines is 1. The topological polar surface area (TPSA) is 51.9 Å². The predicted octanol–water partition coefficient (Wildman–Crippen LogP) is 3.08. The number of carbonyl (C=O) groups excluding carboxylic acids is 1. The number of nitrogens with one attached hydrogen (secondary N) is 1. The molecule has 3 rings (SSSR count). The summed E-state index contributed by atoms with van der Waals surface area (Å²) in [5, 5.41) is 7.19. The summed E-state index contributed by atoms with van der Waals surface area (Å²) in [5.41, 5.74) is 3.51. The van der Waals surface area contributed by atoms with Crippen LogP contribution in [-0.4, -0.2) is 20.3 Å².